The zero-order valence-corrected chi connectivity index (χ0v) is 10.2. The van der Waals surface area contributed by atoms with Crippen molar-refractivity contribution in [1.82, 2.24) is 4.57 Å². The lowest BCUT2D eigenvalue weighted by Crippen LogP contribution is -2.10. The van der Waals surface area contributed by atoms with E-state index in [-0.39, 0.29) is 11.7 Å². The summed E-state index contributed by atoms with van der Waals surface area (Å²) < 4.78 is 6.77. The van der Waals surface area contributed by atoms with Crippen LogP contribution in [0.2, 0.25) is 0 Å². The fourth-order valence-electron chi connectivity index (χ4n) is 2.17. The zero-order valence-electron chi connectivity index (χ0n) is 10.2. The van der Waals surface area contributed by atoms with Gasteiger partial charge in [-0.2, -0.15) is 0 Å². The Morgan fingerprint density at radius 1 is 1.47 bits per heavy atom. The van der Waals surface area contributed by atoms with Gasteiger partial charge in [-0.05, 0) is 31.5 Å². The first-order valence-electron chi connectivity index (χ1n) is 5.52. The average Bonchev–Trinajstić information content (AvgIpc) is 2.53. The molecular weight excluding hydrogens is 218 g/mol. The quantitative estimate of drug-likeness (QED) is 0.810. The number of aromatic hydroxyl groups is 1. The highest BCUT2D eigenvalue weighted by Crippen LogP contribution is 2.31. The van der Waals surface area contributed by atoms with E-state index in [4.69, 9.17) is 4.74 Å². The van der Waals surface area contributed by atoms with Gasteiger partial charge in [-0.25, -0.2) is 4.79 Å². The first-order chi connectivity index (χ1) is 8.07. The maximum atomic E-state index is 11.8. The third-order valence-corrected chi connectivity index (χ3v) is 2.92. The highest BCUT2D eigenvalue weighted by atomic mass is 16.5. The molecule has 0 unspecified atom stereocenters. The average molecular weight is 233 g/mol. The topological polar surface area (TPSA) is 51.5 Å². The van der Waals surface area contributed by atoms with E-state index in [1.165, 1.54) is 0 Å². The number of aryl methyl sites for hydroxylation is 2. The number of carbonyl (C=O) groups excluding carboxylic acids is 1. The second-order valence-electron chi connectivity index (χ2n) is 3.92. The Labute approximate surface area is 99.4 Å². The molecule has 0 saturated carbocycles. The molecule has 0 aliphatic rings. The van der Waals surface area contributed by atoms with Crippen LogP contribution in [-0.2, 0) is 11.8 Å². The molecule has 0 spiro atoms. The number of hydrogen-bond acceptors (Lipinski definition) is 3. The van der Waals surface area contributed by atoms with Gasteiger partial charge in [0.15, 0.2) is 0 Å². The summed E-state index contributed by atoms with van der Waals surface area (Å²) in [5.41, 5.74) is 2.06. The predicted molar refractivity (Wildman–Crippen MR) is 65.3 cm³/mol. The standard InChI is InChI=1S/C13H15NO3/c1-4-17-13(16)12-8(2)11-9(14(12)3)6-5-7-10(11)15/h5-7,15H,4H2,1-3H3. The lowest BCUT2D eigenvalue weighted by atomic mass is 10.1. The second kappa shape index (κ2) is 4.13. The summed E-state index contributed by atoms with van der Waals surface area (Å²) in [6, 6.07) is 5.24. The van der Waals surface area contributed by atoms with Gasteiger partial charge in [0.1, 0.15) is 11.4 Å². The Balaban J connectivity index is 2.73. The van der Waals surface area contributed by atoms with Crippen LogP contribution >= 0.6 is 0 Å². The van der Waals surface area contributed by atoms with Crippen molar-refractivity contribution in [3.63, 3.8) is 0 Å². The summed E-state index contributed by atoms with van der Waals surface area (Å²) >= 11 is 0. The van der Waals surface area contributed by atoms with Crippen molar-refractivity contribution in [2.24, 2.45) is 7.05 Å². The molecule has 0 atom stereocenters. The fraction of sp³-hybridized carbons (Fsp3) is 0.308. The molecule has 1 aromatic carbocycles. The Hall–Kier alpha value is -1.97. The first-order valence-corrected chi connectivity index (χ1v) is 5.52. The Morgan fingerprint density at radius 2 is 2.18 bits per heavy atom. The Morgan fingerprint density at radius 3 is 2.76 bits per heavy atom. The lowest BCUT2D eigenvalue weighted by molar-refractivity contribution is 0.0515. The summed E-state index contributed by atoms with van der Waals surface area (Å²) in [7, 11) is 1.79. The highest BCUT2D eigenvalue weighted by Gasteiger charge is 2.20. The molecule has 0 radical (unpaired) electrons. The van der Waals surface area contributed by atoms with Crippen molar-refractivity contribution in [3.8, 4) is 5.75 Å². The SMILES string of the molecule is CCOC(=O)c1c(C)c2c(O)cccc2n1C. The van der Waals surface area contributed by atoms with E-state index < -0.39 is 0 Å². The van der Waals surface area contributed by atoms with E-state index in [9.17, 15) is 9.90 Å². The molecule has 2 aromatic rings. The first kappa shape index (κ1) is 11.5. The van der Waals surface area contributed by atoms with Gasteiger partial charge >= 0.3 is 5.97 Å². The molecule has 0 amide bonds. The minimum absolute atomic E-state index is 0.186. The monoisotopic (exact) mass is 233 g/mol. The molecule has 0 aliphatic carbocycles. The van der Waals surface area contributed by atoms with E-state index in [1.54, 1.807) is 30.7 Å². The fourth-order valence-corrected chi connectivity index (χ4v) is 2.17. The number of rotatable bonds is 2. The van der Waals surface area contributed by atoms with Gasteiger partial charge in [-0.3, -0.25) is 0 Å². The van der Waals surface area contributed by atoms with Crippen LogP contribution in [0, 0.1) is 6.92 Å². The van der Waals surface area contributed by atoms with Gasteiger partial charge in [0.05, 0.1) is 12.1 Å². The maximum absolute atomic E-state index is 11.8. The van der Waals surface area contributed by atoms with Crippen LogP contribution < -0.4 is 0 Å². The number of hydrogen-bond donors (Lipinski definition) is 1. The third kappa shape index (κ3) is 1.65. The van der Waals surface area contributed by atoms with Crippen LogP contribution in [-0.4, -0.2) is 22.2 Å². The van der Waals surface area contributed by atoms with E-state index in [0.29, 0.717) is 17.7 Å². The van der Waals surface area contributed by atoms with Crippen LogP contribution in [0.1, 0.15) is 23.0 Å². The summed E-state index contributed by atoms with van der Waals surface area (Å²) in [6.45, 7) is 3.92. The van der Waals surface area contributed by atoms with Crippen LogP contribution in [0.5, 0.6) is 5.75 Å². The molecule has 2 rings (SSSR count). The molecule has 0 saturated heterocycles. The molecule has 0 fully saturated rings. The van der Waals surface area contributed by atoms with Crippen LogP contribution in [0.25, 0.3) is 10.9 Å². The van der Waals surface area contributed by atoms with Crippen molar-refractivity contribution < 1.29 is 14.6 Å². The van der Waals surface area contributed by atoms with E-state index in [0.717, 1.165) is 11.1 Å². The minimum Gasteiger partial charge on any atom is -0.507 e. The zero-order chi connectivity index (χ0) is 12.6. The lowest BCUT2D eigenvalue weighted by Gasteiger charge is -2.04. The van der Waals surface area contributed by atoms with Crippen LogP contribution in [0.4, 0.5) is 0 Å². The summed E-state index contributed by atoms with van der Waals surface area (Å²) in [6.07, 6.45) is 0. The number of ether oxygens (including phenoxy) is 1. The highest BCUT2D eigenvalue weighted by molar-refractivity contribution is 6.01. The summed E-state index contributed by atoms with van der Waals surface area (Å²) in [5.74, 6) is -0.172. The Kier molecular flexibility index (Phi) is 2.79. The molecular formula is C13H15NO3. The normalized spacial score (nSPS) is 10.8. The number of phenolic OH excluding ortho intramolecular Hbond substituents is 1. The number of nitrogens with zero attached hydrogens (tertiary/aromatic N) is 1. The molecule has 1 heterocycles. The van der Waals surface area contributed by atoms with E-state index >= 15 is 0 Å². The van der Waals surface area contributed by atoms with Crippen LogP contribution in [0.15, 0.2) is 18.2 Å². The van der Waals surface area contributed by atoms with Gasteiger partial charge < -0.3 is 14.4 Å². The minimum atomic E-state index is -0.358. The number of phenols is 1. The van der Waals surface area contributed by atoms with Gasteiger partial charge in [-0.1, -0.05) is 6.07 Å². The van der Waals surface area contributed by atoms with Crippen molar-refractivity contribution in [1.29, 1.82) is 0 Å². The van der Waals surface area contributed by atoms with Crippen LogP contribution in [0.3, 0.4) is 0 Å². The molecule has 0 aliphatic heterocycles. The van der Waals surface area contributed by atoms with Crippen molar-refractivity contribution in [2.45, 2.75) is 13.8 Å². The molecule has 17 heavy (non-hydrogen) atoms. The van der Waals surface area contributed by atoms with Crippen molar-refractivity contribution in [3.05, 3.63) is 29.5 Å². The number of carbonyl (C=O) groups is 1. The molecule has 4 nitrogen and oxygen atoms in total. The van der Waals surface area contributed by atoms with E-state index in [2.05, 4.69) is 0 Å². The maximum Gasteiger partial charge on any atom is 0.355 e. The van der Waals surface area contributed by atoms with Gasteiger partial charge in [-0.15, -0.1) is 0 Å². The third-order valence-electron chi connectivity index (χ3n) is 2.92. The van der Waals surface area contributed by atoms with E-state index in [1.807, 2.05) is 13.0 Å². The van der Waals surface area contributed by atoms with Crippen molar-refractivity contribution in [2.75, 3.05) is 6.61 Å². The number of fused-ring (bicyclic) bond motifs is 1. The van der Waals surface area contributed by atoms with Gasteiger partial charge in [0.2, 0.25) is 0 Å². The van der Waals surface area contributed by atoms with Gasteiger partial charge in [0.25, 0.3) is 0 Å². The molecule has 4 heteroatoms. The van der Waals surface area contributed by atoms with Gasteiger partial charge in [0, 0.05) is 12.4 Å². The largest absolute Gasteiger partial charge is 0.507 e. The number of esters is 1. The second-order valence-corrected chi connectivity index (χ2v) is 3.92. The Bertz CT molecular complexity index is 584. The summed E-state index contributed by atoms with van der Waals surface area (Å²) in [4.78, 5) is 11.8. The molecule has 0 bridgehead atoms. The molecule has 90 valence electrons. The summed E-state index contributed by atoms with van der Waals surface area (Å²) in [5, 5.41) is 10.5. The van der Waals surface area contributed by atoms with Crippen molar-refractivity contribution >= 4 is 16.9 Å². The smallest absolute Gasteiger partial charge is 0.355 e. The predicted octanol–water partition coefficient (Wildman–Crippen LogP) is 2.37. The molecule has 1 N–H and O–H groups in total. The molecule has 1 aromatic heterocycles. The number of aromatic nitrogens is 1. The number of benzene rings is 1.